The van der Waals surface area contributed by atoms with E-state index in [1.165, 1.54) is 0 Å². The van der Waals surface area contributed by atoms with Crippen LogP contribution in [0.1, 0.15) is 18.6 Å². The van der Waals surface area contributed by atoms with Gasteiger partial charge in [-0.25, -0.2) is 4.99 Å². The quantitative estimate of drug-likeness (QED) is 0.418. The summed E-state index contributed by atoms with van der Waals surface area (Å²) in [6.07, 6.45) is -0.830. The summed E-state index contributed by atoms with van der Waals surface area (Å²) in [7, 11) is 0. The molecule has 0 saturated carbocycles. The number of benzene rings is 2. The van der Waals surface area contributed by atoms with Gasteiger partial charge in [0.1, 0.15) is 6.54 Å². The number of hydrogen-bond acceptors (Lipinski definition) is 3. The number of aliphatic hydroxyl groups is 1. The number of halogens is 2. The van der Waals surface area contributed by atoms with Crippen LogP contribution in [0.4, 0.5) is 5.69 Å². The molecule has 0 spiro atoms. The molecule has 0 fully saturated rings. The van der Waals surface area contributed by atoms with Crippen LogP contribution < -0.4 is 16.0 Å². The normalized spacial score (nSPS) is 12.4. The van der Waals surface area contributed by atoms with Crippen LogP contribution in [0, 0.1) is 0 Å². The Bertz CT molecular complexity index is 764. The molecule has 4 N–H and O–H groups in total. The van der Waals surface area contributed by atoms with Crippen molar-refractivity contribution in [3.8, 4) is 0 Å². The van der Waals surface area contributed by atoms with Crippen LogP contribution in [0.3, 0.4) is 0 Å². The van der Waals surface area contributed by atoms with E-state index >= 15 is 0 Å². The van der Waals surface area contributed by atoms with Gasteiger partial charge in [-0.05, 0) is 42.8 Å². The molecule has 144 valence electrons. The topological polar surface area (TPSA) is 85.8 Å². The molecule has 0 aliphatic rings. The molecule has 0 aromatic heterocycles. The average Bonchev–Trinajstić information content (AvgIpc) is 2.63. The number of hydrogen-bond donors (Lipinski definition) is 4. The molecule has 27 heavy (non-hydrogen) atoms. The summed E-state index contributed by atoms with van der Waals surface area (Å²) in [5.41, 5.74) is 1.31. The fourth-order valence-electron chi connectivity index (χ4n) is 2.29. The van der Waals surface area contributed by atoms with Gasteiger partial charge in [0.15, 0.2) is 5.96 Å². The first-order chi connectivity index (χ1) is 13.0. The Labute approximate surface area is 168 Å². The zero-order valence-electron chi connectivity index (χ0n) is 14.9. The SMILES string of the molecule is CCNC(=NCC(=O)Nc1ccccc1)NCC(O)c1cc(Cl)cc(Cl)c1. The third-order valence-electron chi connectivity index (χ3n) is 3.52. The first-order valence-electron chi connectivity index (χ1n) is 8.49. The van der Waals surface area contributed by atoms with Crippen LogP contribution in [0.25, 0.3) is 0 Å². The molecule has 2 aromatic carbocycles. The zero-order chi connectivity index (χ0) is 19.6. The third kappa shape index (κ3) is 7.46. The molecular formula is C19H22Cl2N4O2. The molecule has 0 aliphatic carbocycles. The summed E-state index contributed by atoms with van der Waals surface area (Å²) in [4.78, 5) is 16.2. The predicted octanol–water partition coefficient (Wildman–Crippen LogP) is 3.22. The Morgan fingerprint density at radius 2 is 1.78 bits per heavy atom. The number of amides is 1. The van der Waals surface area contributed by atoms with E-state index in [4.69, 9.17) is 23.2 Å². The van der Waals surface area contributed by atoms with Crippen LogP contribution in [0.2, 0.25) is 10.0 Å². The fourth-order valence-corrected chi connectivity index (χ4v) is 2.84. The van der Waals surface area contributed by atoms with Gasteiger partial charge in [-0.2, -0.15) is 0 Å². The number of nitrogens with zero attached hydrogens (tertiary/aromatic N) is 1. The second-order valence-corrected chi connectivity index (χ2v) is 6.58. The molecule has 6 nitrogen and oxygen atoms in total. The molecule has 0 heterocycles. The fraction of sp³-hybridized carbons (Fsp3) is 0.263. The molecule has 0 bridgehead atoms. The molecule has 8 heteroatoms. The minimum Gasteiger partial charge on any atom is -0.387 e. The Hall–Kier alpha value is -2.28. The summed E-state index contributed by atoms with van der Waals surface area (Å²) in [6, 6.07) is 14.1. The van der Waals surface area contributed by atoms with Crippen molar-refractivity contribution in [2.45, 2.75) is 13.0 Å². The van der Waals surface area contributed by atoms with Gasteiger partial charge in [0.25, 0.3) is 0 Å². The number of rotatable bonds is 7. The van der Waals surface area contributed by atoms with Gasteiger partial charge in [0, 0.05) is 28.8 Å². The minimum absolute atomic E-state index is 0.0523. The van der Waals surface area contributed by atoms with Crippen molar-refractivity contribution in [3.05, 3.63) is 64.1 Å². The molecule has 2 rings (SSSR count). The summed E-state index contributed by atoms with van der Waals surface area (Å²) in [5, 5.41) is 20.0. The first-order valence-corrected chi connectivity index (χ1v) is 9.24. The Kier molecular flexibility index (Phi) is 8.39. The van der Waals surface area contributed by atoms with Crippen molar-refractivity contribution in [1.82, 2.24) is 10.6 Å². The molecular weight excluding hydrogens is 387 g/mol. The first kappa shape index (κ1) is 21.0. The number of guanidine groups is 1. The number of nitrogens with one attached hydrogen (secondary N) is 3. The van der Waals surface area contributed by atoms with Gasteiger partial charge in [-0.15, -0.1) is 0 Å². The van der Waals surface area contributed by atoms with Gasteiger partial charge >= 0.3 is 0 Å². The predicted molar refractivity (Wildman–Crippen MR) is 110 cm³/mol. The monoisotopic (exact) mass is 408 g/mol. The second-order valence-electron chi connectivity index (χ2n) is 5.71. The average molecular weight is 409 g/mol. The van der Waals surface area contributed by atoms with Gasteiger partial charge in [0.2, 0.25) is 5.91 Å². The molecule has 1 amide bonds. The van der Waals surface area contributed by atoms with Gasteiger partial charge in [0.05, 0.1) is 6.10 Å². The highest BCUT2D eigenvalue weighted by Gasteiger charge is 2.11. The van der Waals surface area contributed by atoms with E-state index in [1.54, 1.807) is 30.3 Å². The molecule has 1 atom stereocenters. The zero-order valence-corrected chi connectivity index (χ0v) is 16.4. The maximum atomic E-state index is 12.0. The van der Waals surface area contributed by atoms with Crippen molar-refractivity contribution >= 4 is 40.8 Å². The molecule has 0 radical (unpaired) electrons. The van der Waals surface area contributed by atoms with E-state index < -0.39 is 6.10 Å². The van der Waals surface area contributed by atoms with E-state index in [9.17, 15) is 9.90 Å². The largest absolute Gasteiger partial charge is 0.387 e. The Balaban J connectivity index is 1.91. The number of carbonyl (C=O) groups is 1. The van der Waals surface area contributed by atoms with Crippen molar-refractivity contribution in [3.63, 3.8) is 0 Å². The lowest BCUT2D eigenvalue weighted by Gasteiger charge is -2.16. The van der Waals surface area contributed by atoms with Gasteiger partial charge in [-0.1, -0.05) is 41.4 Å². The van der Waals surface area contributed by atoms with Gasteiger partial charge in [-0.3, -0.25) is 4.79 Å². The van der Waals surface area contributed by atoms with E-state index in [0.29, 0.717) is 33.8 Å². The second kappa shape index (κ2) is 10.8. The summed E-state index contributed by atoms with van der Waals surface area (Å²) < 4.78 is 0. The standard InChI is InChI=1S/C19H22Cl2N4O2/c1-2-22-19(24-12-18(27)25-16-6-4-3-5-7-16)23-11-17(26)13-8-14(20)10-15(21)9-13/h3-10,17,26H,2,11-12H2,1H3,(H,25,27)(H2,22,23,24). The molecule has 2 aromatic rings. The van der Waals surface area contributed by atoms with Crippen LogP contribution in [0.5, 0.6) is 0 Å². The molecule has 0 aliphatic heterocycles. The molecule has 1 unspecified atom stereocenters. The highest BCUT2D eigenvalue weighted by Crippen LogP contribution is 2.23. The number of para-hydroxylation sites is 1. The number of aliphatic imine (C=N–C) groups is 1. The van der Waals surface area contributed by atoms with Gasteiger partial charge < -0.3 is 21.1 Å². The summed E-state index contributed by atoms with van der Waals surface area (Å²) >= 11 is 11.9. The van der Waals surface area contributed by atoms with Crippen LogP contribution in [0.15, 0.2) is 53.5 Å². The van der Waals surface area contributed by atoms with Crippen LogP contribution in [-0.2, 0) is 4.79 Å². The smallest absolute Gasteiger partial charge is 0.246 e. The number of anilines is 1. The van der Waals surface area contributed by atoms with E-state index in [1.807, 2.05) is 25.1 Å². The van der Waals surface area contributed by atoms with E-state index in [2.05, 4.69) is 20.9 Å². The van der Waals surface area contributed by atoms with Crippen molar-refractivity contribution in [2.75, 3.05) is 25.0 Å². The van der Waals surface area contributed by atoms with Crippen molar-refractivity contribution < 1.29 is 9.90 Å². The minimum atomic E-state index is -0.830. The lowest BCUT2D eigenvalue weighted by Crippen LogP contribution is -2.40. The summed E-state index contributed by atoms with van der Waals surface area (Å²) in [6.45, 7) is 2.66. The number of aliphatic hydroxyl groups excluding tert-OH is 1. The lowest BCUT2D eigenvalue weighted by molar-refractivity contribution is -0.114. The Morgan fingerprint density at radius 3 is 2.41 bits per heavy atom. The van der Waals surface area contributed by atoms with Crippen LogP contribution in [-0.4, -0.2) is 36.6 Å². The summed E-state index contributed by atoms with van der Waals surface area (Å²) in [5.74, 6) is 0.188. The highest BCUT2D eigenvalue weighted by molar-refractivity contribution is 6.34. The van der Waals surface area contributed by atoms with Crippen molar-refractivity contribution in [2.24, 2.45) is 4.99 Å². The van der Waals surface area contributed by atoms with Crippen molar-refractivity contribution in [1.29, 1.82) is 0 Å². The Morgan fingerprint density at radius 1 is 1.11 bits per heavy atom. The van der Waals surface area contributed by atoms with Crippen LogP contribution >= 0.6 is 23.2 Å². The van der Waals surface area contributed by atoms with E-state index in [-0.39, 0.29) is 19.0 Å². The lowest BCUT2D eigenvalue weighted by atomic mass is 10.1. The third-order valence-corrected chi connectivity index (χ3v) is 3.95. The maximum Gasteiger partial charge on any atom is 0.246 e. The highest BCUT2D eigenvalue weighted by atomic mass is 35.5. The molecule has 0 saturated heterocycles. The number of carbonyl (C=O) groups excluding carboxylic acids is 1. The maximum absolute atomic E-state index is 12.0. The van der Waals surface area contributed by atoms with E-state index in [0.717, 1.165) is 0 Å².